The topological polar surface area (TPSA) is 74.7 Å². The van der Waals surface area contributed by atoms with Gasteiger partial charge in [-0.25, -0.2) is 4.79 Å². The molecule has 5 heteroatoms. The lowest BCUT2D eigenvalue weighted by atomic mass is 9.85. The summed E-state index contributed by atoms with van der Waals surface area (Å²) < 4.78 is 0. The van der Waals surface area contributed by atoms with Gasteiger partial charge in [0.2, 0.25) is 11.8 Å². The van der Waals surface area contributed by atoms with Crippen LogP contribution in [0.5, 0.6) is 0 Å². The predicted octanol–water partition coefficient (Wildman–Crippen LogP) is 1.29. The minimum Gasteiger partial charge on any atom is -0.480 e. The molecule has 20 heavy (non-hydrogen) atoms. The van der Waals surface area contributed by atoms with Crippen molar-refractivity contribution < 1.29 is 19.5 Å². The summed E-state index contributed by atoms with van der Waals surface area (Å²) in [7, 11) is 0. The Kier molecular flexibility index (Phi) is 2.62. The number of likely N-dealkylation sites (tertiary alicyclic amines) is 1. The Morgan fingerprint density at radius 2 is 1.65 bits per heavy atom. The van der Waals surface area contributed by atoms with Gasteiger partial charge in [0, 0.05) is 0 Å². The number of carbonyl (C=O) groups excluding carboxylic acids is 2. The molecule has 2 bridgehead atoms. The highest BCUT2D eigenvalue weighted by atomic mass is 16.4. The lowest BCUT2D eigenvalue weighted by molar-refractivity contribution is -0.160. The Bertz CT molecular complexity index is 500. The summed E-state index contributed by atoms with van der Waals surface area (Å²) in [4.78, 5) is 37.8. The number of imide groups is 1. The van der Waals surface area contributed by atoms with Crippen LogP contribution in [0, 0.1) is 29.1 Å². The van der Waals surface area contributed by atoms with E-state index in [1.165, 1.54) is 0 Å². The normalized spacial score (nSPS) is 36.6. The minimum atomic E-state index is -1.11. The van der Waals surface area contributed by atoms with Crippen molar-refractivity contribution in [2.45, 2.75) is 33.2 Å². The molecule has 2 aliphatic carbocycles. The predicted molar refractivity (Wildman–Crippen MR) is 70.4 cm³/mol. The molecule has 1 saturated heterocycles. The SMILES string of the molecule is CC(C)(C)[C@@H](C(=O)O)N1C(=O)C2C3C=CC(C3)C2C1=O. The second-order valence-corrected chi connectivity index (χ2v) is 7.15. The van der Waals surface area contributed by atoms with Crippen LogP contribution in [-0.2, 0) is 14.4 Å². The van der Waals surface area contributed by atoms with Crippen LogP contribution in [0.4, 0.5) is 0 Å². The summed E-state index contributed by atoms with van der Waals surface area (Å²) in [5.74, 6) is -2.14. The zero-order valence-electron chi connectivity index (χ0n) is 11.9. The number of aliphatic carboxylic acids is 1. The second kappa shape index (κ2) is 3.93. The van der Waals surface area contributed by atoms with E-state index in [0.29, 0.717) is 0 Å². The molecule has 0 radical (unpaired) electrons. The molecule has 0 aromatic rings. The number of rotatable bonds is 2. The summed E-state index contributed by atoms with van der Waals surface area (Å²) in [5, 5.41) is 9.45. The number of amides is 2. The molecule has 1 saturated carbocycles. The molecule has 0 aromatic carbocycles. The van der Waals surface area contributed by atoms with Crippen LogP contribution in [-0.4, -0.2) is 33.8 Å². The van der Waals surface area contributed by atoms with Crippen LogP contribution in [0.15, 0.2) is 12.2 Å². The van der Waals surface area contributed by atoms with E-state index in [1.807, 2.05) is 12.2 Å². The summed E-state index contributed by atoms with van der Waals surface area (Å²) in [6.07, 6.45) is 4.87. The first-order valence-corrected chi connectivity index (χ1v) is 7.01. The zero-order valence-corrected chi connectivity index (χ0v) is 11.9. The molecule has 2 fully saturated rings. The largest absolute Gasteiger partial charge is 0.480 e. The van der Waals surface area contributed by atoms with Crippen LogP contribution in [0.1, 0.15) is 27.2 Å². The third-order valence-electron chi connectivity index (χ3n) is 4.82. The monoisotopic (exact) mass is 277 g/mol. The van der Waals surface area contributed by atoms with Gasteiger partial charge in [-0.15, -0.1) is 0 Å². The van der Waals surface area contributed by atoms with Crippen LogP contribution >= 0.6 is 0 Å². The molecular formula is C15H19NO4. The second-order valence-electron chi connectivity index (χ2n) is 7.15. The first kappa shape index (κ1) is 13.3. The van der Waals surface area contributed by atoms with Gasteiger partial charge in [-0.05, 0) is 23.7 Å². The van der Waals surface area contributed by atoms with Gasteiger partial charge in [0.05, 0.1) is 11.8 Å². The van der Waals surface area contributed by atoms with Crippen molar-refractivity contribution in [3.8, 4) is 0 Å². The van der Waals surface area contributed by atoms with Crippen molar-refractivity contribution in [1.29, 1.82) is 0 Å². The molecule has 4 unspecified atom stereocenters. The van der Waals surface area contributed by atoms with E-state index >= 15 is 0 Å². The summed E-state index contributed by atoms with van der Waals surface area (Å²) in [5.41, 5.74) is -0.678. The molecule has 0 aromatic heterocycles. The zero-order chi connectivity index (χ0) is 14.8. The van der Waals surface area contributed by atoms with Crippen LogP contribution in [0.3, 0.4) is 0 Å². The van der Waals surface area contributed by atoms with Crippen LogP contribution in [0.2, 0.25) is 0 Å². The molecule has 0 spiro atoms. The minimum absolute atomic E-state index is 0.112. The maximum Gasteiger partial charge on any atom is 0.327 e. The Labute approximate surface area is 117 Å². The lowest BCUT2D eigenvalue weighted by Crippen LogP contribution is -2.52. The van der Waals surface area contributed by atoms with Gasteiger partial charge in [0.15, 0.2) is 0 Å². The van der Waals surface area contributed by atoms with E-state index in [-0.39, 0.29) is 35.5 Å². The number of nitrogens with zero attached hydrogens (tertiary/aromatic N) is 1. The maximum absolute atomic E-state index is 12.6. The Morgan fingerprint density at radius 1 is 1.20 bits per heavy atom. The summed E-state index contributed by atoms with van der Waals surface area (Å²) in [6, 6.07) is -1.09. The number of carbonyl (C=O) groups is 3. The highest BCUT2D eigenvalue weighted by Crippen LogP contribution is 2.53. The van der Waals surface area contributed by atoms with E-state index in [1.54, 1.807) is 20.8 Å². The fourth-order valence-electron chi connectivity index (χ4n) is 4.05. The van der Waals surface area contributed by atoms with Gasteiger partial charge < -0.3 is 5.11 Å². The standard InChI is InChI=1S/C15H19NO4/c1-15(2,3)11(14(19)20)16-12(17)9-7-4-5-8(6-7)10(9)13(16)18/h4-5,7-11H,6H2,1-3H3,(H,19,20)/t7?,8?,9?,10?,11-/m1/s1. The van der Waals surface area contributed by atoms with E-state index in [2.05, 4.69) is 0 Å². The third-order valence-corrected chi connectivity index (χ3v) is 4.82. The number of fused-ring (bicyclic) bond motifs is 5. The molecule has 3 rings (SSSR count). The van der Waals surface area contributed by atoms with Crippen molar-refractivity contribution in [1.82, 2.24) is 4.90 Å². The third kappa shape index (κ3) is 1.58. The van der Waals surface area contributed by atoms with E-state index in [0.717, 1.165) is 11.3 Å². The molecule has 2 amide bonds. The van der Waals surface area contributed by atoms with E-state index < -0.39 is 17.4 Å². The van der Waals surface area contributed by atoms with Gasteiger partial charge in [-0.3, -0.25) is 14.5 Å². The fourth-order valence-corrected chi connectivity index (χ4v) is 4.05. The molecule has 3 aliphatic rings. The number of carboxylic acids is 1. The lowest BCUT2D eigenvalue weighted by Gasteiger charge is -2.34. The average molecular weight is 277 g/mol. The number of hydrogen-bond acceptors (Lipinski definition) is 3. The van der Waals surface area contributed by atoms with Gasteiger partial charge >= 0.3 is 5.97 Å². The first-order chi connectivity index (χ1) is 9.23. The number of carboxylic acid groups (broad SMARTS) is 1. The van der Waals surface area contributed by atoms with Crippen LogP contribution < -0.4 is 0 Å². The van der Waals surface area contributed by atoms with E-state index in [4.69, 9.17) is 0 Å². The Balaban J connectivity index is 1.99. The molecule has 1 aliphatic heterocycles. The molecule has 5 nitrogen and oxygen atoms in total. The van der Waals surface area contributed by atoms with Gasteiger partial charge in [0.1, 0.15) is 6.04 Å². The smallest absolute Gasteiger partial charge is 0.327 e. The number of allylic oxidation sites excluding steroid dienone is 2. The molecule has 108 valence electrons. The summed E-state index contributed by atoms with van der Waals surface area (Å²) >= 11 is 0. The maximum atomic E-state index is 12.6. The first-order valence-electron chi connectivity index (χ1n) is 7.01. The van der Waals surface area contributed by atoms with Gasteiger partial charge in [-0.1, -0.05) is 32.9 Å². The average Bonchev–Trinajstić information content (AvgIpc) is 2.96. The molecular weight excluding hydrogens is 258 g/mol. The molecule has 5 atom stereocenters. The van der Waals surface area contributed by atoms with Crippen molar-refractivity contribution in [2.75, 3.05) is 0 Å². The van der Waals surface area contributed by atoms with Crippen molar-refractivity contribution >= 4 is 17.8 Å². The Hall–Kier alpha value is -1.65. The fraction of sp³-hybridized carbons (Fsp3) is 0.667. The van der Waals surface area contributed by atoms with Gasteiger partial charge in [0.25, 0.3) is 0 Å². The highest BCUT2D eigenvalue weighted by molar-refractivity contribution is 6.09. The molecule has 1 N–H and O–H groups in total. The summed E-state index contributed by atoms with van der Waals surface area (Å²) in [6.45, 7) is 5.23. The van der Waals surface area contributed by atoms with Crippen molar-refractivity contribution in [2.24, 2.45) is 29.1 Å². The Morgan fingerprint density at radius 3 is 2.00 bits per heavy atom. The highest BCUT2D eigenvalue weighted by Gasteiger charge is 2.62. The van der Waals surface area contributed by atoms with Crippen molar-refractivity contribution in [3.63, 3.8) is 0 Å². The molecule has 1 heterocycles. The van der Waals surface area contributed by atoms with Gasteiger partial charge in [-0.2, -0.15) is 0 Å². The van der Waals surface area contributed by atoms with Crippen molar-refractivity contribution in [3.05, 3.63) is 12.2 Å². The van der Waals surface area contributed by atoms with E-state index in [9.17, 15) is 19.5 Å². The quantitative estimate of drug-likeness (QED) is 0.609. The van der Waals surface area contributed by atoms with Crippen LogP contribution in [0.25, 0.3) is 0 Å². The number of hydrogen-bond donors (Lipinski definition) is 1.